The number of hydrogen-bond donors (Lipinski definition) is 1. The Kier molecular flexibility index (Phi) is 4.78. The van der Waals surface area contributed by atoms with Gasteiger partial charge in [0.05, 0.1) is 12.2 Å². The molecule has 0 fully saturated rings. The van der Waals surface area contributed by atoms with Gasteiger partial charge in [-0.1, -0.05) is 30.0 Å². The molecular formula is C14H10BrF3OS. The highest BCUT2D eigenvalue weighted by Gasteiger charge is 2.33. The molecule has 0 aliphatic rings. The number of halogens is 4. The summed E-state index contributed by atoms with van der Waals surface area (Å²) in [7, 11) is 0. The Balaban J connectivity index is 2.37. The Morgan fingerprint density at radius 1 is 1.10 bits per heavy atom. The quantitative estimate of drug-likeness (QED) is 0.818. The molecular weight excluding hydrogens is 353 g/mol. The summed E-state index contributed by atoms with van der Waals surface area (Å²) in [4.78, 5) is 1.30. The van der Waals surface area contributed by atoms with Crippen molar-refractivity contribution in [2.75, 3.05) is 0 Å². The van der Waals surface area contributed by atoms with Gasteiger partial charge >= 0.3 is 6.18 Å². The molecule has 0 saturated heterocycles. The predicted molar refractivity (Wildman–Crippen MR) is 75.6 cm³/mol. The van der Waals surface area contributed by atoms with E-state index in [1.54, 1.807) is 6.07 Å². The molecule has 20 heavy (non-hydrogen) atoms. The molecule has 0 aliphatic carbocycles. The highest BCUT2D eigenvalue weighted by atomic mass is 79.9. The van der Waals surface area contributed by atoms with Crippen LogP contribution in [0.1, 0.15) is 11.1 Å². The molecule has 2 rings (SSSR count). The lowest BCUT2D eigenvalue weighted by Crippen LogP contribution is -2.09. The summed E-state index contributed by atoms with van der Waals surface area (Å²) < 4.78 is 39.5. The van der Waals surface area contributed by atoms with Crippen LogP contribution in [0.2, 0.25) is 0 Å². The van der Waals surface area contributed by atoms with Crippen molar-refractivity contribution in [1.82, 2.24) is 0 Å². The average Bonchev–Trinajstić information content (AvgIpc) is 2.40. The van der Waals surface area contributed by atoms with Crippen LogP contribution in [0.4, 0.5) is 13.2 Å². The molecule has 6 heteroatoms. The van der Waals surface area contributed by atoms with Gasteiger partial charge in [0, 0.05) is 14.3 Å². The van der Waals surface area contributed by atoms with Crippen LogP contribution in [0.25, 0.3) is 0 Å². The van der Waals surface area contributed by atoms with E-state index in [-0.39, 0.29) is 5.56 Å². The zero-order valence-electron chi connectivity index (χ0n) is 10.1. The van der Waals surface area contributed by atoms with Crippen molar-refractivity contribution in [1.29, 1.82) is 0 Å². The molecule has 0 radical (unpaired) electrons. The fraction of sp³-hybridized carbons (Fsp3) is 0.143. The Bertz CT molecular complexity index is 614. The second kappa shape index (κ2) is 6.20. The van der Waals surface area contributed by atoms with Crippen LogP contribution in [0.5, 0.6) is 0 Å². The number of rotatable bonds is 3. The third-order valence-electron chi connectivity index (χ3n) is 2.62. The normalized spacial score (nSPS) is 11.7. The minimum Gasteiger partial charge on any atom is -0.392 e. The maximum Gasteiger partial charge on any atom is 0.416 e. The van der Waals surface area contributed by atoms with Gasteiger partial charge in [0.25, 0.3) is 0 Å². The first kappa shape index (κ1) is 15.4. The van der Waals surface area contributed by atoms with Gasteiger partial charge in [-0.2, -0.15) is 13.2 Å². The van der Waals surface area contributed by atoms with Crippen molar-refractivity contribution in [2.45, 2.75) is 22.6 Å². The van der Waals surface area contributed by atoms with Crippen molar-refractivity contribution in [3.8, 4) is 0 Å². The van der Waals surface area contributed by atoms with Crippen molar-refractivity contribution >= 4 is 27.7 Å². The lowest BCUT2D eigenvalue weighted by atomic mass is 10.1. The van der Waals surface area contributed by atoms with Crippen molar-refractivity contribution < 1.29 is 18.3 Å². The van der Waals surface area contributed by atoms with Gasteiger partial charge < -0.3 is 5.11 Å². The molecule has 0 aliphatic heterocycles. The number of aliphatic hydroxyl groups is 1. The lowest BCUT2D eigenvalue weighted by molar-refractivity contribution is -0.138. The van der Waals surface area contributed by atoms with Crippen LogP contribution in [0.15, 0.2) is 56.7 Å². The first-order valence-corrected chi connectivity index (χ1v) is 7.26. The highest BCUT2D eigenvalue weighted by molar-refractivity contribution is 9.10. The van der Waals surface area contributed by atoms with Crippen molar-refractivity contribution in [3.05, 3.63) is 58.1 Å². The first-order chi connectivity index (χ1) is 9.41. The van der Waals surface area contributed by atoms with E-state index in [9.17, 15) is 13.2 Å². The largest absolute Gasteiger partial charge is 0.416 e. The molecule has 0 atom stereocenters. The fourth-order valence-corrected chi connectivity index (χ4v) is 3.08. The number of hydrogen-bond acceptors (Lipinski definition) is 2. The Morgan fingerprint density at radius 2 is 1.80 bits per heavy atom. The number of alkyl halides is 3. The van der Waals surface area contributed by atoms with Gasteiger partial charge in [-0.05, 0) is 45.8 Å². The van der Waals surface area contributed by atoms with E-state index >= 15 is 0 Å². The van der Waals surface area contributed by atoms with Crippen LogP contribution in [-0.4, -0.2) is 5.11 Å². The summed E-state index contributed by atoms with van der Waals surface area (Å²) in [5.74, 6) is 0. The minimum atomic E-state index is -4.47. The fourth-order valence-electron chi connectivity index (χ4n) is 1.68. The minimum absolute atomic E-state index is 0.117. The zero-order chi connectivity index (χ0) is 14.8. The van der Waals surface area contributed by atoms with E-state index in [2.05, 4.69) is 15.9 Å². The Morgan fingerprint density at radius 3 is 2.40 bits per heavy atom. The van der Waals surface area contributed by atoms with Crippen molar-refractivity contribution in [3.63, 3.8) is 0 Å². The molecule has 106 valence electrons. The lowest BCUT2D eigenvalue weighted by Gasteiger charge is -2.13. The van der Waals surface area contributed by atoms with Crippen LogP contribution >= 0.6 is 27.7 Å². The first-order valence-electron chi connectivity index (χ1n) is 5.65. The van der Waals surface area contributed by atoms with Gasteiger partial charge in [-0.15, -0.1) is 0 Å². The molecule has 0 amide bonds. The van der Waals surface area contributed by atoms with Crippen LogP contribution < -0.4 is 0 Å². The third kappa shape index (κ3) is 3.56. The smallest absolute Gasteiger partial charge is 0.392 e. The van der Waals surface area contributed by atoms with E-state index in [1.165, 1.54) is 17.8 Å². The molecule has 0 saturated carbocycles. The molecule has 0 bridgehead atoms. The number of benzene rings is 2. The maximum absolute atomic E-state index is 12.9. The molecule has 0 aromatic heterocycles. The second-order valence-corrected chi connectivity index (χ2v) is 5.98. The zero-order valence-corrected chi connectivity index (χ0v) is 12.5. The number of aliphatic hydroxyl groups excluding tert-OH is 1. The standard InChI is InChI=1S/C14H10BrF3OS/c15-12-3-1-2-4-13(12)20-10-6-5-9(8-19)11(7-10)14(16,17)18/h1-7,19H,8H2. The Labute approximate surface area is 126 Å². The predicted octanol–water partition coefficient (Wildman–Crippen LogP) is 5.11. The van der Waals surface area contributed by atoms with Crippen LogP contribution in [0, 0.1) is 0 Å². The monoisotopic (exact) mass is 362 g/mol. The molecule has 1 N–H and O–H groups in total. The van der Waals surface area contributed by atoms with Gasteiger partial charge in [-0.3, -0.25) is 0 Å². The molecule has 1 nitrogen and oxygen atoms in total. The molecule has 2 aromatic carbocycles. The average molecular weight is 363 g/mol. The summed E-state index contributed by atoms with van der Waals surface area (Å²) in [5.41, 5.74) is -0.911. The van der Waals surface area contributed by atoms with Gasteiger partial charge in [0.2, 0.25) is 0 Å². The highest BCUT2D eigenvalue weighted by Crippen LogP contribution is 2.38. The van der Waals surface area contributed by atoms with Gasteiger partial charge in [0.15, 0.2) is 0 Å². The summed E-state index contributed by atoms with van der Waals surface area (Å²) >= 11 is 4.59. The molecule has 0 spiro atoms. The second-order valence-electron chi connectivity index (χ2n) is 4.01. The van der Waals surface area contributed by atoms with Gasteiger partial charge in [-0.25, -0.2) is 0 Å². The van der Waals surface area contributed by atoms with E-state index in [4.69, 9.17) is 5.11 Å². The third-order valence-corrected chi connectivity index (χ3v) is 4.64. The van der Waals surface area contributed by atoms with E-state index < -0.39 is 18.3 Å². The van der Waals surface area contributed by atoms with E-state index in [0.29, 0.717) is 4.90 Å². The summed E-state index contributed by atoms with van der Waals surface area (Å²) in [5, 5.41) is 8.99. The topological polar surface area (TPSA) is 20.2 Å². The molecule has 0 heterocycles. The molecule has 0 unspecified atom stereocenters. The van der Waals surface area contributed by atoms with E-state index in [1.807, 2.05) is 24.3 Å². The summed E-state index contributed by atoms with van der Waals surface area (Å²) in [6, 6.07) is 11.3. The van der Waals surface area contributed by atoms with Crippen molar-refractivity contribution in [2.24, 2.45) is 0 Å². The molecule has 2 aromatic rings. The van der Waals surface area contributed by atoms with E-state index in [0.717, 1.165) is 15.4 Å². The Hall–Kier alpha value is -0.980. The maximum atomic E-state index is 12.9. The van der Waals surface area contributed by atoms with Gasteiger partial charge in [0.1, 0.15) is 0 Å². The summed E-state index contributed by atoms with van der Waals surface area (Å²) in [6.45, 7) is -0.630. The SMILES string of the molecule is OCc1ccc(Sc2ccccc2Br)cc1C(F)(F)F. The van der Waals surface area contributed by atoms with Crippen LogP contribution in [-0.2, 0) is 12.8 Å². The van der Waals surface area contributed by atoms with Crippen LogP contribution in [0.3, 0.4) is 0 Å². The summed E-state index contributed by atoms with van der Waals surface area (Å²) in [6.07, 6.45) is -4.47.